The number of rotatable bonds is 8. The summed E-state index contributed by atoms with van der Waals surface area (Å²) in [5, 5.41) is 7.69. The first-order valence-electron chi connectivity index (χ1n) is 11.4. The van der Waals surface area contributed by atoms with Crippen LogP contribution in [-0.4, -0.2) is 50.9 Å². The molecule has 0 aliphatic heterocycles. The van der Waals surface area contributed by atoms with Crippen LogP contribution in [0.1, 0.15) is 41.9 Å². The lowest BCUT2D eigenvalue weighted by Crippen LogP contribution is -2.30. The van der Waals surface area contributed by atoms with E-state index in [0.29, 0.717) is 35.8 Å². The minimum absolute atomic E-state index is 0.0316. The molecule has 3 aromatic heterocycles. The zero-order chi connectivity index (χ0) is 23.0. The predicted molar refractivity (Wildman–Crippen MR) is 128 cm³/mol. The quantitative estimate of drug-likeness (QED) is 0.414. The van der Waals surface area contributed by atoms with Gasteiger partial charge in [0.05, 0.1) is 11.8 Å². The Morgan fingerprint density at radius 2 is 2.06 bits per heavy atom. The number of aryl methyl sites for hydroxylation is 1. The molecule has 172 valence electrons. The second-order valence-corrected chi connectivity index (χ2v) is 15.8. The van der Waals surface area contributed by atoms with Crippen LogP contribution in [0, 0.1) is 0 Å². The van der Waals surface area contributed by atoms with Crippen molar-refractivity contribution in [2.45, 2.75) is 71.6 Å². The van der Waals surface area contributed by atoms with Crippen molar-refractivity contribution in [3.63, 3.8) is 0 Å². The predicted octanol–water partition coefficient (Wildman–Crippen LogP) is 3.77. The number of hydrogen-bond donors (Lipinski definition) is 1. The molecule has 1 amide bonds. The molecule has 1 N–H and O–H groups in total. The van der Waals surface area contributed by atoms with E-state index in [1.54, 1.807) is 6.20 Å². The molecule has 0 unspecified atom stereocenters. The number of ether oxygens (including phenoxy) is 1. The summed E-state index contributed by atoms with van der Waals surface area (Å²) in [5.41, 5.74) is 5.88. The Morgan fingerprint density at radius 1 is 1.28 bits per heavy atom. The van der Waals surface area contributed by atoms with Gasteiger partial charge >= 0.3 is 0 Å². The van der Waals surface area contributed by atoms with Crippen molar-refractivity contribution in [3.05, 3.63) is 29.2 Å². The van der Waals surface area contributed by atoms with Crippen LogP contribution in [0.3, 0.4) is 0 Å². The van der Waals surface area contributed by atoms with Crippen molar-refractivity contribution in [2.75, 3.05) is 6.61 Å². The van der Waals surface area contributed by atoms with Crippen molar-refractivity contribution >= 4 is 25.1 Å². The summed E-state index contributed by atoms with van der Waals surface area (Å²) >= 11 is 0. The molecule has 0 bridgehead atoms. The van der Waals surface area contributed by atoms with E-state index in [4.69, 9.17) is 19.8 Å². The summed E-state index contributed by atoms with van der Waals surface area (Å²) in [6.07, 6.45) is 6.76. The van der Waals surface area contributed by atoms with Gasteiger partial charge in [0.1, 0.15) is 23.6 Å². The second-order valence-electron chi connectivity index (χ2n) is 10.2. The highest BCUT2D eigenvalue weighted by atomic mass is 28.3. The topological polar surface area (TPSA) is 86.9 Å². The van der Waals surface area contributed by atoms with Gasteiger partial charge in [-0.25, -0.2) is 9.97 Å². The first kappa shape index (κ1) is 22.7. The van der Waals surface area contributed by atoms with Gasteiger partial charge in [-0.15, -0.1) is 0 Å². The fourth-order valence-electron chi connectivity index (χ4n) is 4.13. The zero-order valence-corrected chi connectivity index (χ0v) is 21.0. The minimum atomic E-state index is -1.17. The molecule has 3 heterocycles. The lowest BCUT2D eigenvalue weighted by atomic mass is 10.1. The summed E-state index contributed by atoms with van der Waals surface area (Å²) in [4.78, 5) is 22.5. The Kier molecular flexibility index (Phi) is 6.22. The first-order valence-corrected chi connectivity index (χ1v) is 15.1. The molecule has 8 nitrogen and oxygen atoms in total. The van der Waals surface area contributed by atoms with Gasteiger partial charge in [-0.3, -0.25) is 9.48 Å². The Balaban J connectivity index is 1.70. The average molecular weight is 455 g/mol. The Bertz CT molecular complexity index is 1140. The lowest BCUT2D eigenvalue weighted by molar-refractivity contribution is 0.0890. The van der Waals surface area contributed by atoms with Gasteiger partial charge < -0.3 is 14.6 Å². The molecule has 0 radical (unpaired) electrons. The summed E-state index contributed by atoms with van der Waals surface area (Å²) in [5.74, 6) is -0.149. The number of nitrogens with one attached hydrogen (secondary N) is 1. The highest BCUT2D eigenvalue weighted by Crippen LogP contribution is 2.31. The van der Waals surface area contributed by atoms with Crippen molar-refractivity contribution < 1.29 is 9.53 Å². The number of amides is 1. The van der Waals surface area contributed by atoms with E-state index in [1.807, 2.05) is 36.3 Å². The van der Waals surface area contributed by atoms with Gasteiger partial charge in [0.25, 0.3) is 5.91 Å². The van der Waals surface area contributed by atoms with Gasteiger partial charge in [-0.05, 0) is 39.2 Å². The smallest absolute Gasteiger partial charge is 0.255 e. The Labute approximate surface area is 190 Å². The molecule has 0 fully saturated rings. The molecule has 3 aromatic rings. The maximum atomic E-state index is 12.9. The van der Waals surface area contributed by atoms with E-state index in [-0.39, 0.29) is 11.9 Å². The van der Waals surface area contributed by atoms with Crippen LogP contribution in [0.15, 0.2) is 12.4 Å². The third kappa shape index (κ3) is 4.63. The number of carbonyl (C=O) groups excluding carboxylic acids is 1. The lowest BCUT2D eigenvalue weighted by Gasteiger charge is -2.15. The number of fused-ring (bicyclic) bond motifs is 2. The Morgan fingerprint density at radius 3 is 2.78 bits per heavy atom. The monoisotopic (exact) mass is 454 g/mol. The maximum Gasteiger partial charge on any atom is 0.255 e. The third-order valence-electron chi connectivity index (χ3n) is 5.81. The standard InChI is InChI=1S/C23H34N6O2Si/c1-15(2)25-23(30)17-13-29(14-31-10-11-32(4,5)6)22-21(17)26-18(12-24-22)20-16-8-7-9-19(16)28(3)27-20/h12-13,15H,7-11,14H2,1-6H3,(H,25,30). The van der Waals surface area contributed by atoms with Crippen LogP contribution >= 0.6 is 0 Å². The summed E-state index contributed by atoms with van der Waals surface area (Å²) < 4.78 is 9.77. The van der Waals surface area contributed by atoms with Crippen molar-refractivity contribution in [3.8, 4) is 11.4 Å². The fraction of sp³-hybridized carbons (Fsp3) is 0.565. The van der Waals surface area contributed by atoms with Gasteiger partial charge in [0, 0.05) is 45.2 Å². The van der Waals surface area contributed by atoms with Gasteiger partial charge in [-0.2, -0.15) is 5.10 Å². The van der Waals surface area contributed by atoms with Crippen LogP contribution in [0.2, 0.25) is 25.7 Å². The molecule has 32 heavy (non-hydrogen) atoms. The molecule has 0 aromatic carbocycles. The minimum Gasteiger partial charge on any atom is -0.361 e. The van der Waals surface area contributed by atoms with Crippen molar-refractivity contribution in [1.82, 2.24) is 29.6 Å². The molecular formula is C23H34N6O2Si. The highest BCUT2D eigenvalue weighted by molar-refractivity contribution is 6.76. The molecule has 0 atom stereocenters. The number of carbonyl (C=O) groups is 1. The molecule has 4 rings (SSSR count). The first-order chi connectivity index (χ1) is 15.1. The van der Waals surface area contributed by atoms with E-state index in [2.05, 4.69) is 25.0 Å². The molecule has 0 saturated heterocycles. The van der Waals surface area contributed by atoms with Crippen LogP contribution < -0.4 is 5.32 Å². The maximum absolute atomic E-state index is 12.9. The molecule has 1 aliphatic carbocycles. The van der Waals surface area contributed by atoms with E-state index in [1.165, 1.54) is 11.3 Å². The molecule has 1 aliphatic rings. The van der Waals surface area contributed by atoms with E-state index < -0.39 is 8.07 Å². The second kappa shape index (κ2) is 8.78. The highest BCUT2D eigenvalue weighted by Gasteiger charge is 2.25. The largest absolute Gasteiger partial charge is 0.361 e. The van der Waals surface area contributed by atoms with E-state index in [0.717, 1.165) is 31.0 Å². The Hall–Kier alpha value is -2.52. The third-order valence-corrected chi connectivity index (χ3v) is 7.52. The fourth-order valence-corrected chi connectivity index (χ4v) is 4.88. The van der Waals surface area contributed by atoms with Crippen LogP contribution in [0.25, 0.3) is 22.6 Å². The van der Waals surface area contributed by atoms with Crippen LogP contribution in [0.4, 0.5) is 0 Å². The number of nitrogens with zero attached hydrogens (tertiary/aromatic N) is 5. The van der Waals surface area contributed by atoms with Gasteiger partial charge in [0.15, 0.2) is 5.65 Å². The van der Waals surface area contributed by atoms with Crippen molar-refractivity contribution in [1.29, 1.82) is 0 Å². The summed E-state index contributed by atoms with van der Waals surface area (Å²) in [6, 6.07) is 1.12. The van der Waals surface area contributed by atoms with Crippen molar-refractivity contribution in [2.24, 2.45) is 7.05 Å². The normalized spacial score (nSPS) is 13.8. The molecule has 0 spiro atoms. The summed E-state index contributed by atoms with van der Waals surface area (Å²) in [7, 11) is 0.814. The number of aromatic nitrogens is 5. The zero-order valence-electron chi connectivity index (χ0n) is 20.0. The molecular weight excluding hydrogens is 420 g/mol. The summed E-state index contributed by atoms with van der Waals surface area (Å²) in [6.45, 7) is 11.9. The molecule has 9 heteroatoms. The SMILES string of the molecule is CC(C)NC(=O)c1cn(COCC[Si](C)(C)C)c2ncc(-c3nn(C)c4c3CCC4)nc12. The van der Waals surface area contributed by atoms with Crippen LogP contribution in [-0.2, 0) is 31.4 Å². The average Bonchev–Trinajstić information content (AvgIpc) is 3.39. The van der Waals surface area contributed by atoms with E-state index >= 15 is 0 Å². The van der Waals surface area contributed by atoms with Crippen LogP contribution in [0.5, 0.6) is 0 Å². The van der Waals surface area contributed by atoms with E-state index in [9.17, 15) is 4.79 Å². The number of hydrogen-bond acceptors (Lipinski definition) is 5. The van der Waals surface area contributed by atoms with Gasteiger partial charge in [0.2, 0.25) is 0 Å². The van der Waals surface area contributed by atoms with Gasteiger partial charge in [-0.1, -0.05) is 19.6 Å². The molecule has 0 saturated carbocycles.